The van der Waals surface area contributed by atoms with Gasteiger partial charge in [-0.3, -0.25) is 4.79 Å². The van der Waals surface area contributed by atoms with Gasteiger partial charge >= 0.3 is 0 Å². The van der Waals surface area contributed by atoms with Crippen LogP contribution in [-0.2, 0) is 11.2 Å². The summed E-state index contributed by atoms with van der Waals surface area (Å²) in [7, 11) is 0. The van der Waals surface area contributed by atoms with Crippen LogP contribution in [0, 0.1) is 5.41 Å². The van der Waals surface area contributed by atoms with Gasteiger partial charge < -0.3 is 9.72 Å². The van der Waals surface area contributed by atoms with Crippen molar-refractivity contribution in [2.45, 2.75) is 33.6 Å². The van der Waals surface area contributed by atoms with Crippen molar-refractivity contribution in [3.05, 3.63) is 34.7 Å². The van der Waals surface area contributed by atoms with Gasteiger partial charge in [0.15, 0.2) is 0 Å². The van der Waals surface area contributed by atoms with E-state index in [4.69, 9.17) is 0 Å². The number of amides is 1. The summed E-state index contributed by atoms with van der Waals surface area (Å²) in [6.07, 6.45) is 5.26. The molecule has 0 aliphatic carbocycles. The maximum absolute atomic E-state index is 11.7. The molecular formula is C15H20BrN3O. The fourth-order valence-corrected chi connectivity index (χ4v) is 2.36. The van der Waals surface area contributed by atoms with Crippen LogP contribution in [0.5, 0.6) is 0 Å². The van der Waals surface area contributed by atoms with E-state index in [1.54, 1.807) is 0 Å². The SMILES string of the molecule is CC(C)(C)CC(=O)NCCc1cn2cc(Br)ccc2n1. The number of rotatable bonds is 4. The lowest BCUT2D eigenvalue weighted by Gasteiger charge is -2.17. The van der Waals surface area contributed by atoms with Crippen LogP contribution in [0.4, 0.5) is 0 Å². The Morgan fingerprint density at radius 1 is 1.35 bits per heavy atom. The molecule has 2 heterocycles. The minimum absolute atomic E-state index is 0.0272. The number of carbonyl (C=O) groups is 1. The van der Waals surface area contributed by atoms with Gasteiger partial charge in [-0.15, -0.1) is 0 Å². The van der Waals surface area contributed by atoms with Gasteiger partial charge in [0.25, 0.3) is 0 Å². The van der Waals surface area contributed by atoms with Gasteiger partial charge in [-0.05, 0) is 33.5 Å². The molecule has 0 spiro atoms. The molecule has 108 valence electrons. The van der Waals surface area contributed by atoms with Gasteiger partial charge in [0.05, 0.1) is 5.69 Å². The predicted octanol–water partition coefficient (Wildman–Crippen LogP) is 3.19. The summed E-state index contributed by atoms with van der Waals surface area (Å²) in [6, 6.07) is 3.93. The zero-order valence-corrected chi connectivity index (χ0v) is 13.7. The molecule has 0 fully saturated rings. The molecule has 1 N–H and O–H groups in total. The van der Waals surface area contributed by atoms with Crippen LogP contribution < -0.4 is 5.32 Å². The molecule has 0 saturated heterocycles. The second kappa shape index (κ2) is 5.95. The van der Waals surface area contributed by atoms with Gasteiger partial charge in [0.2, 0.25) is 5.91 Å². The zero-order valence-electron chi connectivity index (χ0n) is 12.1. The van der Waals surface area contributed by atoms with E-state index in [0.717, 1.165) is 22.2 Å². The summed E-state index contributed by atoms with van der Waals surface area (Å²) in [5.41, 5.74) is 1.93. The quantitative estimate of drug-likeness (QED) is 0.931. The molecule has 2 aromatic rings. The second-order valence-corrected chi connectivity index (χ2v) is 7.10. The molecule has 20 heavy (non-hydrogen) atoms. The topological polar surface area (TPSA) is 46.4 Å². The van der Waals surface area contributed by atoms with E-state index in [-0.39, 0.29) is 11.3 Å². The van der Waals surface area contributed by atoms with Crippen molar-refractivity contribution >= 4 is 27.5 Å². The number of imidazole rings is 1. The largest absolute Gasteiger partial charge is 0.356 e. The van der Waals surface area contributed by atoms with E-state index >= 15 is 0 Å². The molecule has 0 radical (unpaired) electrons. The molecule has 2 rings (SSSR count). The monoisotopic (exact) mass is 337 g/mol. The third-order valence-electron chi connectivity index (χ3n) is 2.86. The number of fused-ring (bicyclic) bond motifs is 1. The number of hydrogen-bond acceptors (Lipinski definition) is 2. The lowest BCUT2D eigenvalue weighted by atomic mass is 9.92. The third-order valence-corrected chi connectivity index (χ3v) is 3.33. The molecule has 1 amide bonds. The normalized spacial score (nSPS) is 11.8. The van der Waals surface area contributed by atoms with E-state index in [2.05, 4.69) is 47.0 Å². The standard InChI is InChI=1S/C15H20BrN3O/c1-15(2,3)8-14(20)17-7-6-12-10-19-9-11(16)4-5-13(19)18-12/h4-5,9-10H,6-8H2,1-3H3,(H,17,20). The van der Waals surface area contributed by atoms with Crippen molar-refractivity contribution < 1.29 is 4.79 Å². The maximum Gasteiger partial charge on any atom is 0.220 e. The summed E-state index contributed by atoms with van der Waals surface area (Å²) < 4.78 is 3.00. The van der Waals surface area contributed by atoms with E-state index in [9.17, 15) is 4.79 Å². The average Bonchev–Trinajstić information content (AvgIpc) is 2.68. The third kappa shape index (κ3) is 4.34. The Balaban J connectivity index is 1.88. The summed E-state index contributed by atoms with van der Waals surface area (Å²) in [6.45, 7) is 6.81. The van der Waals surface area contributed by atoms with E-state index < -0.39 is 0 Å². The van der Waals surface area contributed by atoms with Gasteiger partial charge in [0, 0.05) is 36.3 Å². The summed E-state index contributed by atoms with van der Waals surface area (Å²) in [4.78, 5) is 16.2. The number of halogens is 1. The summed E-state index contributed by atoms with van der Waals surface area (Å²) in [5.74, 6) is 0.101. The number of hydrogen-bond donors (Lipinski definition) is 1. The van der Waals surface area contributed by atoms with Crippen LogP contribution in [0.2, 0.25) is 0 Å². The lowest BCUT2D eigenvalue weighted by molar-refractivity contribution is -0.122. The van der Waals surface area contributed by atoms with Crippen molar-refractivity contribution in [2.24, 2.45) is 5.41 Å². The highest BCUT2D eigenvalue weighted by molar-refractivity contribution is 9.10. The molecular weight excluding hydrogens is 318 g/mol. The Hall–Kier alpha value is -1.36. The maximum atomic E-state index is 11.7. The van der Waals surface area contributed by atoms with E-state index in [0.29, 0.717) is 13.0 Å². The van der Waals surface area contributed by atoms with Crippen molar-refractivity contribution in [3.63, 3.8) is 0 Å². The minimum Gasteiger partial charge on any atom is -0.356 e. The highest BCUT2D eigenvalue weighted by atomic mass is 79.9. The summed E-state index contributed by atoms with van der Waals surface area (Å²) in [5, 5.41) is 2.95. The van der Waals surface area contributed by atoms with Crippen molar-refractivity contribution in [1.82, 2.24) is 14.7 Å². The van der Waals surface area contributed by atoms with Gasteiger partial charge in [-0.25, -0.2) is 4.98 Å². The molecule has 0 bridgehead atoms. The molecule has 0 atom stereocenters. The first-order chi connectivity index (χ1) is 9.33. The van der Waals surface area contributed by atoms with Crippen LogP contribution >= 0.6 is 15.9 Å². The fourth-order valence-electron chi connectivity index (χ4n) is 2.01. The zero-order chi connectivity index (χ0) is 14.8. The Morgan fingerprint density at radius 3 is 2.80 bits per heavy atom. The lowest BCUT2D eigenvalue weighted by Crippen LogP contribution is -2.29. The first-order valence-corrected chi connectivity index (χ1v) is 7.53. The molecule has 0 saturated carbocycles. The van der Waals surface area contributed by atoms with E-state index in [1.807, 2.05) is 28.9 Å². The highest BCUT2D eigenvalue weighted by Crippen LogP contribution is 2.17. The van der Waals surface area contributed by atoms with Crippen LogP contribution in [0.1, 0.15) is 32.9 Å². The van der Waals surface area contributed by atoms with Crippen LogP contribution in [0.3, 0.4) is 0 Å². The number of aromatic nitrogens is 2. The first-order valence-electron chi connectivity index (χ1n) is 6.73. The molecule has 5 heteroatoms. The van der Waals surface area contributed by atoms with Crippen LogP contribution in [0.25, 0.3) is 5.65 Å². The Morgan fingerprint density at radius 2 is 2.10 bits per heavy atom. The Kier molecular flexibility index (Phi) is 4.48. The van der Waals surface area contributed by atoms with Crippen molar-refractivity contribution in [3.8, 4) is 0 Å². The summed E-state index contributed by atoms with van der Waals surface area (Å²) >= 11 is 3.44. The number of carbonyl (C=O) groups excluding carboxylic acids is 1. The number of nitrogens with one attached hydrogen (secondary N) is 1. The fraction of sp³-hybridized carbons (Fsp3) is 0.467. The first kappa shape index (κ1) is 15.0. The molecule has 0 unspecified atom stereocenters. The van der Waals surface area contributed by atoms with E-state index in [1.165, 1.54) is 0 Å². The number of nitrogens with zero attached hydrogens (tertiary/aromatic N) is 2. The molecule has 0 aliphatic rings. The van der Waals surface area contributed by atoms with Gasteiger partial charge in [0.1, 0.15) is 5.65 Å². The average molecular weight is 338 g/mol. The predicted molar refractivity (Wildman–Crippen MR) is 83.7 cm³/mol. The van der Waals surface area contributed by atoms with Gasteiger partial charge in [-0.1, -0.05) is 20.8 Å². The second-order valence-electron chi connectivity index (χ2n) is 6.18. The molecule has 0 aliphatic heterocycles. The van der Waals surface area contributed by atoms with Crippen LogP contribution in [-0.4, -0.2) is 21.8 Å². The molecule has 2 aromatic heterocycles. The Labute approximate surface area is 127 Å². The van der Waals surface area contributed by atoms with Crippen LogP contribution in [0.15, 0.2) is 29.0 Å². The molecule has 0 aromatic carbocycles. The smallest absolute Gasteiger partial charge is 0.220 e. The molecule has 4 nitrogen and oxygen atoms in total. The van der Waals surface area contributed by atoms with Crippen molar-refractivity contribution in [1.29, 1.82) is 0 Å². The number of pyridine rings is 1. The minimum atomic E-state index is 0.0272. The Bertz CT molecular complexity index is 613. The van der Waals surface area contributed by atoms with Crippen molar-refractivity contribution in [2.75, 3.05) is 6.54 Å². The highest BCUT2D eigenvalue weighted by Gasteiger charge is 2.15. The van der Waals surface area contributed by atoms with Gasteiger partial charge in [-0.2, -0.15) is 0 Å².